The van der Waals surface area contributed by atoms with Crippen molar-refractivity contribution in [1.29, 1.82) is 0 Å². The summed E-state index contributed by atoms with van der Waals surface area (Å²) in [5, 5.41) is 10.1. The molecule has 18 heavy (non-hydrogen) atoms. The van der Waals surface area contributed by atoms with E-state index in [1.165, 1.54) is 6.07 Å². The third-order valence-corrected chi connectivity index (χ3v) is 3.10. The van der Waals surface area contributed by atoms with Crippen LogP contribution in [0.4, 0.5) is 4.39 Å². The Hall–Kier alpha value is -1.68. The summed E-state index contributed by atoms with van der Waals surface area (Å²) >= 11 is 0. The standard InChI is InChI=1S/C14H17FN2O/c1-3-17-7-6-16-14(17)9-13(18)11-5-4-10(2)12(15)8-11/h4-8,13,18H,3,9H2,1-2H3. The van der Waals surface area contributed by atoms with Crippen molar-refractivity contribution in [2.24, 2.45) is 0 Å². The molecule has 1 atom stereocenters. The fraction of sp³-hybridized carbons (Fsp3) is 0.357. The summed E-state index contributed by atoms with van der Waals surface area (Å²) in [6.45, 7) is 4.53. The molecular formula is C14H17FN2O. The Morgan fingerprint density at radius 3 is 2.89 bits per heavy atom. The van der Waals surface area contributed by atoms with Crippen molar-refractivity contribution >= 4 is 0 Å². The third kappa shape index (κ3) is 2.59. The van der Waals surface area contributed by atoms with Crippen molar-refractivity contribution in [2.75, 3.05) is 0 Å². The second kappa shape index (κ2) is 5.31. The number of halogens is 1. The number of aliphatic hydroxyl groups excluding tert-OH is 1. The number of nitrogens with zero attached hydrogens (tertiary/aromatic N) is 2. The number of aliphatic hydroxyl groups is 1. The van der Waals surface area contributed by atoms with Gasteiger partial charge in [0.25, 0.3) is 0 Å². The summed E-state index contributed by atoms with van der Waals surface area (Å²) in [6.07, 6.45) is 3.25. The Morgan fingerprint density at radius 1 is 1.44 bits per heavy atom. The molecule has 0 aliphatic carbocycles. The molecule has 0 saturated heterocycles. The monoisotopic (exact) mass is 248 g/mol. The minimum absolute atomic E-state index is 0.287. The van der Waals surface area contributed by atoms with E-state index in [1.54, 1.807) is 25.3 Å². The Balaban J connectivity index is 2.16. The topological polar surface area (TPSA) is 38.0 Å². The molecule has 1 aromatic carbocycles. The van der Waals surface area contributed by atoms with Crippen molar-refractivity contribution < 1.29 is 9.50 Å². The van der Waals surface area contributed by atoms with E-state index in [1.807, 2.05) is 17.7 Å². The van der Waals surface area contributed by atoms with Gasteiger partial charge < -0.3 is 9.67 Å². The van der Waals surface area contributed by atoms with Gasteiger partial charge in [-0.15, -0.1) is 0 Å². The second-order valence-electron chi connectivity index (χ2n) is 4.36. The number of benzene rings is 1. The molecule has 0 fully saturated rings. The molecule has 2 aromatic rings. The van der Waals surface area contributed by atoms with Crippen LogP contribution in [0.5, 0.6) is 0 Å². The van der Waals surface area contributed by atoms with Gasteiger partial charge in [-0.3, -0.25) is 0 Å². The zero-order valence-corrected chi connectivity index (χ0v) is 10.6. The highest BCUT2D eigenvalue weighted by Crippen LogP contribution is 2.20. The van der Waals surface area contributed by atoms with Gasteiger partial charge in [0.15, 0.2) is 0 Å². The van der Waals surface area contributed by atoms with Crippen LogP contribution in [0, 0.1) is 12.7 Å². The van der Waals surface area contributed by atoms with E-state index in [4.69, 9.17) is 0 Å². The lowest BCUT2D eigenvalue weighted by atomic mass is 10.0. The maximum Gasteiger partial charge on any atom is 0.126 e. The Labute approximate surface area is 106 Å². The van der Waals surface area contributed by atoms with Gasteiger partial charge in [-0.05, 0) is 31.0 Å². The summed E-state index contributed by atoms with van der Waals surface area (Å²) in [5.74, 6) is 0.524. The summed E-state index contributed by atoms with van der Waals surface area (Å²) in [6, 6.07) is 4.82. The molecule has 0 bridgehead atoms. The smallest absolute Gasteiger partial charge is 0.126 e. The van der Waals surface area contributed by atoms with Crippen molar-refractivity contribution in [3.63, 3.8) is 0 Å². The molecule has 3 nitrogen and oxygen atoms in total. The summed E-state index contributed by atoms with van der Waals surface area (Å²) in [7, 11) is 0. The van der Waals surface area contributed by atoms with Crippen LogP contribution in [0.15, 0.2) is 30.6 Å². The second-order valence-corrected chi connectivity index (χ2v) is 4.36. The minimum atomic E-state index is -0.729. The van der Waals surface area contributed by atoms with Crippen LogP contribution in [-0.2, 0) is 13.0 Å². The quantitative estimate of drug-likeness (QED) is 0.903. The number of aromatic nitrogens is 2. The van der Waals surface area contributed by atoms with Crippen LogP contribution in [-0.4, -0.2) is 14.7 Å². The van der Waals surface area contributed by atoms with E-state index in [-0.39, 0.29) is 5.82 Å². The first-order chi connectivity index (χ1) is 8.61. The normalized spacial score (nSPS) is 12.7. The molecule has 0 aliphatic heterocycles. The highest BCUT2D eigenvalue weighted by atomic mass is 19.1. The molecule has 0 spiro atoms. The van der Waals surface area contributed by atoms with Gasteiger partial charge in [-0.25, -0.2) is 9.37 Å². The van der Waals surface area contributed by atoms with Gasteiger partial charge in [-0.1, -0.05) is 12.1 Å². The molecule has 2 rings (SSSR count). The average Bonchev–Trinajstić information content (AvgIpc) is 2.79. The van der Waals surface area contributed by atoms with E-state index >= 15 is 0 Å². The average molecular weight is 248 g/mol. The molecule has 4 heteroatoms. The SMILES string of the molecule is CCn1ccnc1CC(O)c1ccc(C)c(F)c1. The first kappa shape index (κ1) is 12.8. The van der Waals surface area contributed by atoms with Gasteiger partial charge >= 0.3 is 0 Å². The Kier molecular flexibility index (Phi) is 3.77. The molecule has 0 amide bonds. The summed E-state index contributed by atoms with van der Waals surface area (Å²) in [5.41, 5.74) is 1.17. The number of hydrogen-bond acceptors (Lipinski definition) is 2. The molecule has 0 saturated carbocycles. The lowest BCUT2D eigenvalue weighted by molar-refractivity contribution is 0.174. The van der Waals surface area contributed by atoms with Gasteiger partial charge in [0.1, 0.15) is 11.6 Å². The van der Waals surface area contributed by atoms with Crippen molar-refractivity contribution in [3.8, 4) is 0 Å². The number of hydrogen-bond donors (Lipinski definition) is 1. The molecule has 96 valence electrons. The molecule has 1 unspecified atom stereocenters. The van der Waals surface area contributed by atoms with Gasteiger partial charge in [0.05, 0.1) is 6.10 Å². The van der Waals surface area contributed by atoms with E-state index in [9.17, 15) is 9.50 Å². The fourth-order valence-electron chi connectivity index (χ4n) is 1.93. The van der Waals surface area contributed by atoms with Crippen LogP contribution in [0.1, 0.15) is 30.0 Å². The minimum Gasteiger partial charge on any atom is -0.388 e. The third-order valence-electron chi connectivity index (χ3n) is 3.10. The van der Waals surface area contributed by atoms with E-state index in [2.05, 4.69) is 4.98 Å². The Bertz CT molecular complexity index is 536. The predicted octanol–water partition coefficient (Wildman–Crippen LogP) is 2.63. The van der Waals surface area contributed by atoms with Crippen LogP contribution in [0.25, 0.3) is 0 Å². The molecule has 1 N–H and O–H groups in total. The maximum atomic E-state index is 13.4. The van der Waals surface area contributed by atoms with Crippen molar-refractivity contribution in [1.82, 2.24) is 9.55 Å². The van der Waals surface area contributed by atoms with Crippen LogP contribution in [0.2, 0.25) is 0 Å². The first-order valence-electron chi connectivity index (χ1n) is 6.06. The Morgan fingerprint density at radius 2 is 2.22 bits per heavy atom. The lowest BCUT2D eigenvalue weighted by Crippen LogP contribution is -2.08. The number of imidazole rings is 1. The van der Waals surface area contributed by atoms with Gasteiger partial charge in [0, 0.05) is 25.4 Å². The highest BCUT2D eigenvalue weighted by molar-refractivity contribution is 5.25. The molecule has 1 heterocycles. The predicted molar refractivity (Wildman–Crippen MR) is 67.7 cm³/mol. The number of aryl methyl sites for hydroxylation is 2. The molecule has 0 aliphatic rings. The molecule has 1 aromatic heterocycles. The number of rotatable bonds is 4. The summed E-state index contributed by atoms with van der Waals surface area (Å²) in [4.78, 5) is 4.20. The van der Waals surface area contributed by atoms with Crippen LogP contribution in [0.3, 0.4) is 0 Å². The van der Waals surface area contributed by atoms with Crippen LogP contribution >= 0.6 is 0 Å². The molecule has 0 radical (unpaired) electrons. The highest BCUT2D eigenvalue weighted by Gasteiger charge is 2.13. The van der Waals surface area contributed by atoms with Crippen molar-refractivity contribution in [2.45, 2.75) is 32.9 Å². The van der Waals surface area contributed by atoms with Crippen molar-refractivity contribution in [3.05, 3.63) is 53.4 Å². The molecular weight excluding hydrogens is 231 g/mol. The van der Waals surface area contributed by atoms with E-state index < -0.39 is 6.10 Å². The first-order valence-corrected chi connectivity index (χ1v) is 6.06. The zero-order valence-electron chi connectivity index (χ0n) is 10.6. The van der Waals surface area contributed by atoms with Gasteiger partial charge in [-0.2, -0.15) is 0 Å². The largest absolute Gasteiger partial charge is 0.388 e. The van der Waals surface area contributed by atoms with Crippen LogP contribution < -0.4 is 0 Å². The van der Waals surface area contributed by atoms with E-state index in [0.717, 1.165) is 12.4 Å². The van der Waals surface area contributed by atoms with Gasteiger partial charge in [0.2, 0.25) is 0 Å². The fourth-order valence-corrected chi connectivity index (χ4v) is 1.93. The van der Waals surface area contributed by atoms with E-state index in [0.29, 0.717) is 17.5 Å². The maximum absolute atomic E-state index is 13.4. The lowest BCUT2D eigenvalue weighted by Gasteiger charge is -2.12. The summed E-state index contributed by atoms with van der Waals surface area (Å²) < 4.78 is 15.4. The zero-order chi connectivity index (χ0) is 13.1.